The summed E-state index contributed by atoms with van der Waals surface area (Å²) in [6, 6.07) is 8.15. The molecule has 0 saturated carbocycles. The molecule has 0 bridgehead atoms. The van der Waals surface area contributed by atoms with Gasteiger partial charge in [0.25, 0.3) is 0 Å². The first-order valence-corrected chi connectivity index (χ1v) is 11.3. The van der Waals surface area contributed by atoms with Crippen LogP contribution in [-0.4, -0.2) is 81.0 Å². The monoisotopic (exact) mass is 422 g/mol. The number of hydrogen-bond donors (Lipinski definition) is 1. The maximum atomic E-state index is 6.11. The molecule has 0 amide bonds. The van der Waals surface area contributed by atoms with E-state index >= 15 is 0 Å². The van der Waals surface area contributed by atoms with Gasteiger partial charge in [-0.3, -0.25) is 9.89 Å². The Balaban J connectivity index is 1.39. The van der Waals surface area contributed by atoms with Crippen LogP contribution in [0.2, 0.25) is 5.02 Å². The van der Waals surface area contributed by atoms with Crippen LogP contribution in [0.15, 0.2) is 29.3 Å². The number of guanidine groups is 1. The summed E-state index contributed by atoms with van der Waals surface area (Å²) >= 11 is 6.11. The SMILES string of the molecule is CCNC(=NCCCOC1CCOCC1)N1CCN(Cc2cccc(Cl)c2)CC1. The first kappa shape index (κ1) is 22.3. The maximum Gasteiger partial charge on any atom is 0.194 e. The summed E-state index contributed by atoms with van der Waals surface area (Å²) in [6.45, 7) is 11.2. The van der Waals surface area contributed by atoms with E-state index in [1.54, 1.807) is 0 Å². The third-order valence-corrected chi connectivity index (χ3v) is 5.62. The second-order valence-corrected chi connectivity index (χ2v) is 8.10. The van der Waals surface area contributed by atoms with Gasteiger partial charge in [0.2, 0.25) is 0 Å². The maximum absolute atomic E-state index is 6.11. The van der Waals surface area contributed by atoms with E-state index in [-0.39, 0.29) is 0 Å². The number of benzene rings is 1. The molecule has 0 spiro atoms. The van der Waals surface area contributed by atoms with Crippen molar-refractivity contribution >= 4 is 17.6 Å². The number of piperazine rings is 1. The Morgan fingerprint density at radius 3 is 2.76 bits per heavy atom. The highest BCUT2D eigenvalue weighted by atomic mass is 35.5. The zero-order valence-corrected chi connectivity index (χ0v) is 18.4. The van der Waals surface area contributed by atoms with Crippen LogP contribution < -0.4 is 5.32 Å². The molecule has 162 valence electrons. The van der Waals surface area contributed by atoms with Crippen LogP contribution >= 0.6 is 11.6 Å². The summed E-state index contributed by atoms with van der Waals surface area (Å²) in [6.07, 6.45) is 3.37. The van der Waals surface area contributed by atoms with Crippen LogP contribution in [0.5, 0.6) is 0 Å². The van der Waals surface area contributed by atoms with Gasteiger partial charge in [-0.2, -0.15) is 0 Å². The van der Waals surface area contributed by atoms with E-state index in [9.17, 15) is 0 Å². The number of ether oxygens (including phenoxy) is 2. The van der Waals surface area contributed by atoms with Crippen LogP contribution in [0.25, 0.3) is 0 Å². The molecule has 1 N–H and O–H groups in total. The van der Waals surface area contributed by atoms with Crippen molar-refractivity contribution in [3.63, 3.8) is 0 Å². The Labute approximate surface area is 180 Å². The van der Waals surface area contributed by atoms with Crippen LogP contribution in [0.4, 0.5) is 0 Å². The molecule has 0 aromatic heterocycles. The minimum Gasteiger partial charge on any atom is -0.381 e. The number of hydrogen-bond acceptors (Lipinski definition) is 4. The predicted octanol–water partition coefficient (Wildman–Crippen LogP) is 3.01. The number of nitrogens with one attached hydrogen (secondary N) is 1. The van der Waals surface area contributed by atoms with Crippen molar-refractivity contribution in [2.45, 2.75) is 38.8 Å². The summed E-state index contributed by atoms with van der Waals surface area (Å²) in [5, 5.41) is 4.26. The third kappa shape index (κ3) is 7.78. The molecule has 3 rings (SSSR count). The van der Waals surface area contributed by atoms with E-state index in [2.05, 4.69) is 34.2 Å². The van der Waals surface area contributed by atoms with E-state index in [1.807, 2.05) is 12.1 Å². The van der Waals surface area contributed by atoms with Gasteiger partial charge in [-0.25, -0.2) is 0 Å². The Kier molecular flexibility index (Phi) is 9.54. The second-order valence-electron chi connectivity index (χ2n) is 7.66. The van der Waals surface area contributed by atoms with Gasteiger partial charge in [-0.15, -0.1) is 0 Å². The quantitative estimate of drug-likeness (QED) is 0.396. The summed E-state index contributed by atoms with van der Waals surface area (Å²) in [5.41, 5.74) is 1.27. The molecule has 0 atom stereocenters. The summed E-state index contributed by atoms with van der Waals surface area (Å²) in [7, 11) is 0. The molecule has 2 fully saturated rings. The molecule has 0 unspecified atom stereocenters. The van der Waals surface area contributed by atoms with E-state index in [0.29, 0.717) is 6.10 Å². The standard InChI is InChI=1S/C22H35ClN4O2/c1-2-24-22(25-9-4-14-29-21-7-15-28-16-8-21)27-12-10-26(11-13-27)18-19-5-3-6-20(23)17-19/h3,5-6,17,21H,2,4,7-16,18H2,1H3,(H,24,25). The first-order chi connectivity index (χ1) is 14.2. The van der Waals surface area contributed by atoms with Crippen LogP contribution in [0.3, 0.4) is 0 Å². The van der Waals surface area contributed by atoms with Crippen molar-refractivity contribution in [1.29, 1.82) is 0 Å². The lowest BCUT2D eigenvalue weighted by molar-refractivity contribution is -0.0318. The first-order valence-electron chi connectivity index (χ1n) is 10.9. The van der Waals surface area contributed by atoms with E-state index in [1.165, 1.54) is 5.56 Å². The molecule has 1 aromatic rings. The van der Waals surface area contributed by atoms with Crippen molar-refractivity contribution < 1.29 is 9.47 Å². The van der Waals surface area contributed by atoms with Gasteiger partial charge < -0.3 is 19.7 Å². The third-order valence-electron chi connectivity index (χ3n) is 5.39. The average molecular weight is 423 g/mol. The molecular weight excluding hydrogens is 388 g/mol. The minimum atomic E-state index is 0.369. The van der Waals surface area contributed by atoms with E-state index < -0.39 is 0 Å². The summed E-state index contributed by atoms with van der Waals surface area (Å²) in [4.78, 5) is 9.68. The lowest BCUT2D eigenvalue weighted by Crippen LogP contribution is -2.52. The lowest BCUT2D eigenvalue weighted by atomic mass is 10.1. The minimum absolute atomic E-state index is 0.369. The Morgan fingerprint density at radius 2 is 2.03 bits per heavy atom. The highest BCUT2D eigenvalue weighted by Gasteiger charge is 2.19. The second kappa shape index (κ2) is 12.4. The largest absolute Gasteiger partial charge is 0.381 e. The van der Waals surface area contributed by atoms with Crippen molar-refractivity contribution in [2.75, 3.05) is 59.1 Å². The molecule has 6 nitrogen and oxygen atoms in total. The zero-order valence-electron chi connectivity index (χ0n) is 17.6. The fraction of sp³-hybridized carbons (Fsp3) is 0.682. The van der Waals surface area contributed by atoms with Gasteiger partial charge in [0.05, 0.1) is 6.10 Å². The fourth-order valence-corrected chi connectivity index (χ4v) is 3.99. The zero-order chi connectivity index (χ0) is 20.3. The van der Waals surface area contributed by atoms with Gasteiger partial charge in [-0.05, 0) is 43.9 Å². The van der Waals surface area contributed by atoms with Crippen molar-refractivity contribution in [3.8, 4) is 0 Å². The molecular formula is C22H35ClN4O2. The van der Waals surface area contributed by atoms with Crippen LogP contribution in [0.1, 0.15) is 31.7 Å². The fourth-order valence-electron chi connectivity index (χ4n) is 3.78. The highest BCUT2D eigenvalue weighted by Crippen LogP contribution is 2.14. The Bertz CT molecular complexity index is 629. The summed E-state index contributed by atoms with van der Waals surface area (Å²) < 4.78 is 11.3. The molecule has 0 aliphatic carbocycles. The number of rotatable bonds is 8. The van der Waals surface area contributed by atoms with Crippen molar-refractivity contribution in [2.24, 2.45) is 4.99 Å². The molecule has 2 aliphatic rings. The molecule has 1 aromatic carbocycles. The van der Waals surface area contributed by atoms with Gasteiger partial charge in [0.15, 0.2) is 5.96 Å². The smallest absolute Gasteiger partial charge is 0.194 e. The van der Waals surface area contributed by atoms with Gasteiger partial charge in [0.1, 0.15) is 0 Å². The van der Waals surface area contributed by atoms with Gasteiger partial charge >= 0.3 is 0 Å². The molecule has 7 heteroatoms. The normalized spacial score (nSPS) is 19.5. The number of halogens is 1. The number of aliphatic imine (C=N–C) groups is 1. The average Bonchev–Trinajstić information content (AvgIpc) is 2.74. The lowest BCUT2D eigenvalue weighted by Gasteiger charge is -2.36. The molecule has 0 radical (unpaired) electrons. The van der Waals surface area contributed by atoms with Crippen LogP contribution in [-0.2, 0) is 16.0 Å². The number of nitrogens with zero attached hydrogens (tertiary/aromatic N) is 3. The molecule has 29 heavy (non-hydrogen) atoms. The van der Waals surface area contributed by atoms with Crippen molar-refractivity contribution in [3.05, 3.63) is 34.9 Å². The topological polar surface area (TPSA) is 49.3 Å². The highest BCUT2D eigenvalue weighted by molar-refractivity contribution is 6.30. The molecule has 2 heterocycles. The molecule has 2 saturated heterocycles. The molecule has 2 aliphatic heterocycles. The summed E-state index contributed by atoms with van der Waals surface area (Å²) in [5.74, 6) is 1.03. The Morgan fingerprint density at radius 1 is 1.24 bits per heavy atom. The van der Waals surface area contributed by atoms with Gasteiger partial charge in [0, 0.05) is 70.7 Å². The van der Waals surface area contributed by atoms with Gasteiger partial charge in [-0.1, -0.05) is 23.7 Å². The van der Waals surface area contributed by atoms with Crippen LogP contribution in [0, 0.1) is 0 Å². The van der Waals surface area contributed by atoms with E-state index in [0.717, 1.165) is 95.9 Å². The predicted molar refractivity (Wildman–Crippen MR) is 119 cm³/mol. The Hall–Kier alpha value is -1.34. The van der Waals surface area contributed by atoms with Crippen molar-refractivity contribution in [1.82, 2.24) is 15.1 Å². The van der Waals surface area contributed by atoms with E-state index in [4.69, 9.17) is 26.1 Å².